The number of hydrogen-bond donors (Lipinski definition) is 1. The topological polar surface area (TPSA) is 122 Å². The van der Waals surface area contributed by atoms with Crippen molar-refractivity contribution in [2.24, 2.45) is 0 Å². The minimum atomic E-state index is -3.56. The zero-order valence-corrected chi connectivity index (χ0v) is 22.2. The fourth-order valence-electron chi connectivity index (χ4n) is 3.74. The van der Waals surface area contributed by atoms with Crippen LogP contribution in [-0.4, -0.2) is 79.3 Å². The summed E-state index contributed by atoms with van der Waals surface area (Å²) >= 11 is 0. The van der Waals surface area contributed by atoms with E-state index in [0.29, 0.717) is 44.2 Å². The second-order valence-electron chi connectivity index (χ2n) is 8.46. The molecule has 1 amide bonds. The molecule has 0 bridgehead atoms. The summed E-state index contributed by atoms with van der Waals surface area (Å²) in [5.74, 6) is 0.287. The number of carbonyl (C=O) groups is 1. The van der Waals surface area contributed by atoms with Crippen LogP contribution in [0.2, 0.25) is 0 Å². The highest BCUT2D eigenvalue weighted by atomic mass is 32.2. The molecular weight excluding hydrogens is 506 g/mol. The van der Waals surface area contributed by atoms with E-state index in [1.165, 1.54) is 20.7 Å². The minimum Gasteiger partial charge on any atom is -0.492 e. The third-order valence-electron chi connectivity index (χ3n) is 5.58. The number of carbonyl (C=O) groups excluding carboxylic acids is 1. The maximum atomic E-state index is 12.7. The maximum Gasteiger partial charge on any atom is 0.243 e. The van der Waals surface area contributed by atoms with Crippen molar-refractivity contribution in [1.82, 2.24) is 9.62 Å². The zero-order chi connectivity index (χ0) is 26.2. The highest BCUT2D eigenvalue weighted by Crippen LogP contribution is 2.21. The van der Waals surface area contributed by atoms with Crippen LogP contribution in [0.3, 0.4) is 0 Å². The van der Waals surface area contributed by atoms with Crippen LogP contribution in [-0.2, 0) is 29.6 Å². The van der Waals surface area contributed by atoms with Gasteiger partial charge in [0.25, 0.3) is 0 Å². The number of anilines is 1. The van der Waals surface area contributed by atoms with Crippen molar-refractivity contribution in [2.75, 3.05) is 56.6 Å². The smallest absolute Gasteiger partial charge is 0.243 e. The first kappa shape index (κ1) is 27.9. The molecular formula is C24H33N3O7S2. The second kappa shape index (κ2) is 12.5. The monoisotopic (exact) mass is 539 g/mol. The van der Waals surface area contributed by atoms with E-state index in [4.69, 9.17) is 9.47 Å². The van der Waals surface area contributed by atoms with E-state index >= 15 is 0 Å². The summed E-state index contributed by atoms with van der Waals surface area (Å²) in [7, 11) is -7.03. The Morgan fingerprint density at radius 3 is 2.42 bits per heavy atom. The van der Waals surface area contributed by atoms with Gasteiger partial charge in [-0.15, -0.1) is 0 Å². The zero-order valence-electron chi connectivity index (χ0n) is 20.6. The number of ether oxygens (including phenoxy) is 2. The van der Waals surface area contributed by atoms with Gasteiger partial charge in [0.1, 0.15) is 12.4 Å². The van der Waals surface area contributed by atoms with Crippen molar-refractivity contribution in [3.8, 4) is 5.75 Å². The van der Waals surface area contributed by atoms with Gasteiger partial charge < -0.3 is 14.8 Å². The standard InChI is InChI=1S/C24H33N3O7S2/c1-20-5-3-6-21(19-20)27(35(2,29)30)13-4-7-24(28)25-12-16-34-22-8-10-23(11-9-22)36(31,32)26-14-17-33-18-15-26/h3,5-6,8-11,19H,4,7,12-18H2,1-2H3,(H,25,28). The molecule has 1 N–H and O–H groups in total. The van der Waals surface area contributed by atoms with Crippen molar-refractivity contribution < 1.29 is 31.1 Å². The highest BCUT2D eigenvalue weighted by molar-refractivity contribution is 7.92. The Morgan fingerprint density at radius 1 is 1.08 bits per heavy atom. The van der Waals surface area contributed by atoms with E-state index in [1.54, 1.807) is 30.3 Å². The molecule has 198 valence electrons. The first-order valence-electron chi connectivity index (χ1n) is 11.7. The maximum absolute atomic E-state index is 12.7. The first-order chi connectivity index (χ1) is 17.1. The summed E-state index contributed by atoms with van der Waals surface area (Å²) in [6.07, 6.45) is 1.69. The van der Waals surface area contributed by atoms with Crippen molar-refractivity contribution >= 4 is 31.6 Å². The van der Waals surface area contributed by atoms with Gasteiger partial charge in [0.05, 0.1) is 36.6 Å². The van der Waals surface area contributed by atoms with Crippen LogP contribution in [0.15, 0.2) is 53.4 Å². The number of aryl methyl sites for hydroxylation is 1. The van der Waals surface area contributed by atoms with E-state index < -0.39 is 20.0 Å². The molecule has 1 saturated heterocycles. The lowest BCUT2D eigenvalue weighted by Crippen LogP contribution is -2.40. The molecule has 36 heavy (non-hydrogen) atoms. The molecule has 1 aliphatic rings. The SMILES string of the molecule is Cc1cccc(N(CCCC(=O)NCCOc2ccc(S(=O)(=O)N3CCOCC3)cc2)S(C)(=O)=O)c1. The Balaban J connectivity index is 1.40. The Kier molecular flexibility index (Phi) is 9.71. The molecule has 10 nitrogen and oxygen atoms in total. The van der Waals surface area contributed by atoms with Gasteiger partial charge in [-0.2, -0.15) is 4.31 Å². The van der Waals surface area contributed by atoms with Gasteiger partial charge in [0.15, 0.2) is 0 Å². The summed E-state index contributed by atoms with van der Waals surface area (Å²) in [4.78, 5) is 12.4. The fourth-order valence-corrected chi connectivity index (χ4v) is 6.11. The number of sulfonamides is 2. The van der Waals surface area contributed by atoms with Gasteiger partial charge in [-0.3, -0.25) is 9.10 Å². The molecule has 12 heteroatoms. The summed E-state index contributed by atoms with van der Waals surface area (Å²) in [5, 5.41) is 2.75. The van der Waals surface area contributed by atoms with Crippen LogP contribution in [0.4, 0.5) is 5.69 Å². The predicted octanol–water partition coefficient (Wildman–Crippen LogP) is 1.76. The Bertz CT molecular complexity index is 1230. The Labute approximate surface area is 213 Å². The van der Waals surface area contributed by atoms with Crippen LogP contribution in [0.1, 0.15) is 18.4 Å². The minimum absolute atomic E-state index is 0.173. The summed E-state index contributed by atoms with van der Waals surface area (Å²) in [5.41, 5.74) is 1.53. The average Bonchev–Trinajstić information content (AvgIpc) is 2.84. The predicted molar refractivity (Wildman–Crippen MR) is 137 cm³/mol. The molecule has 2 aromatic carbocycles. The molecule has 1 heterocycles. The molecule has 0 aliphatic carbocycles. The summed E-state index contributed by atoms with van der Waals surface area (Å²) in [6, 6.07) is 13.4. The molecule has 0 saturated carbocycles. The fraction of sp³-hybridized carbons (Fsp3) is 0.458. The lowest BCUT2D eigenvalue weighted by atomic mass is 10.2. The van der Waals surface area contributed by atoms with Gasteiger partial charge in [-0.1, -0.05) is 12.1 Å². The number of morpholine rings is 1. The first-order valence-corrected chi connectivity index (χ1v) is 15.0. The quantitative estimate of drug-likeness (QED) is 0.408. The molecule has 0 atom stereocenters. The van der Waals surface area contributed by atoms with Crippen molar-refractivity contribution in [2.45, 2.75) is 24.7 Å². The molecule has 0 spiro atoms. The van der Waals surface area contributed by atoms with Crippen LogP contribution in [0.25, 0.3) is 0 Å². The highest BCUT2D eigenvalue weighted by Gasteiger charge is 2.26. The summed E-state index contributed by atoms with van der Waals surface area (Å²) in [6.45, 7) is 3.99. The number of rotatable bonds is 12. The third kappa shape index (κ3) is 7.92. The molecule has 3 rings (SSSR count). The largest absolute Gasteiger partial charge is 0.492 e. The third-order valence-corrected chi connectivity index (χ3v) is 8.69. The number of hydrogen-bond acceptors (Lipinski definition) is 7. The van der Waals surface area contributed by atoms with Crippen molar-refractivity contribution in [3.05, 3.63) is 54.1 Å². The lowest BCUT2D eigenvalue weighted by Gasteiger charge is -2.26. The number of benzene rings is 2. The average molecular weight is 540 g/mol. The van der Waals surface area contributed by atoms with Crippen LogP contribution >= 0.6 is 0 Å². The van der Waals surface area contributed by atoms with Gasteiger partial charge in [0, 0.05) is 26.1 Å². The van der Waals surface area contributed by atoms with Crippen LogP contribution in [0.5, 0.6) is 5.75 Å². The number of nitrogens with zero attached hydrogens (tertiary/aromatic N) is 2. The molecule has 2 aromatic rings. The molecule has 0 radical (unpaired) electrons. The van der Waals surface area contributed by atoms with Gasteiger partial charge >= 0.3 is 0 Å². The second-order valence-corrected chi connectivity index (χ2v) is 12.3. The molecule has 1 fully saturated rings. The molecule has 0 aromatic heterocycles. The van der Waals surface area contributed by atoms with Crippen LogP contribution in [0, 0.1) is 6.92 Å². The van der Waals surface area contributed by atoms with E-state index in [2.05, 4.69) is 5.32 Å². The normalized spacial score (nSPS) is 14.8. The van der Waals surface area contributed by atoms with E-state index in [-0.39, 0.29) is 36.9 Å². The van der Waals surface area contributed by atoms with E-state index in [1.807, 2.05) is 13.0 Å². The van der Waals surface area contributed by atoms with Crippen molar-refractivity contribution in [3.63, 3.8) is 0 Å². The summed E-state index contributed by atoms with van der Waals surface area (Å²) < 4.78 is 63.2. The van der Waals surface area contributed by atoms with E-state index in [9.17, 15) is 21.6 Å². The van der Waals surface area contributed by atoms with E-state index in [0.717, 1.165) is 11.8 Å². The van der Waals surface area contributed by atoms with Crippen molar-refractivity contribution in [1.29, 1.82) is 0 Å². The number of nitrogens with one attached hydrogen (secondary N) is 1. The van der Waals surface area contributed by atoms with Gasteiger partial charge in [-0.05, 0) is 55.3 Å². The molecule has 0 unspecified atom stereocenters. The van der Waals surface area contributed by atoms with Gasteiger partial charge in [-0.25, -0.2) is 16.8 Å². The van der Waals surface area contributed by atoms with Gasteiger partial charge in [0.2, 0.25) is 26.0 Å². The Morgan fingerprint density at radius 2 is 1.78 bits per heavy atom. The molecule has 1 aliphatic heterocycles. The Hall–Kier alpha value is -2.67. The lowest BCUT2D eigenvalue weighted by molar-refractivity contribution is -0.121. The van der Waals surface area contributed by atoms with Crippen LogP contribution < -0.4 is 14.4 Å². The number of amides is 1.